The summed E-state index contributed by atoms with van der Waals surface area (Å²) in [6.07, 6.45) is -0.368. The molecule has 0 radical (unpaired) electrons. The molecule has 54 valence electrons. The minimum atomic E-state index is -0.333. The van der Waals surface area contributed by atoms with E-state index >= 15 is 0 Å². The zero-order chi connectivity index (χ0) is 6.85. The van der Waals surface area contributed by atoms with E-state index in [1.165, 1.54) is 0 Å². The van der Waals surface area contributed by atoms with Gasteiger partial charge in [-0.1, -0.05) is 9.39 Å². The van der Waals surface area contributed by atoms with E-state index in [4.69, 9.17) is 9.63 Å². The van der Waals surface area contributed by atoms with Crippen LogP contribution in [0.2, 0.25) is 0 Å². The van der Waals surface area contributed by atoms with Gasteiger partial charge in [0.1, 0.15) is 6.10 Å². The Labute approximate surface area is 59.3 Å². The van der Waals surface area contributed by atoms with E-state index in [0.717, 1.165) is 6.54 Å². The highest BCUT2D eigenvalue weighted by atomic mass is 31.0. The molecule has 3 nitrogen and oxygen atoms in total. The van der Waals surface area contributed by atoms with E-state index in [9.17, 15) is 0 Å². The lowest BCUT2D eigenvalue weighted by molar-refractivity contribution is 0.0870. The number of aliphatic hydroxyl groups excluding tert-OH is 1. The molecule has 1 rings (SSSR count). The zero-order valence-corrected chi connectivity index (χ0v) is 7.34. The van der Waals surface area contributed by atoms with Crippen molar-refractivity contribution >= 4 is 18.9 Å². The van der Waals surface area contributed by atoms with Crippen LogP contribution in [0.4, 0.5) is 0 Å². The number of hydrogen-bond donors (Lipinski definition) is 1. The van der Waals surface area contributed by atoms with Crippen LogP contribution >= 0.6 is 18.9 Å². The molecule has 4 atom stereocenters. The van der Waals surface area contributed by atoms with Crippen LogP contribution in [0.3, 0.4) is 0 Å². The van der Waals surface area contributed by atoms with Gasteiger partial charge in [0.05, 0.1) is 6.10 Å². The van der Waals surface area contributed by atoms with Crippen molar-refractivity contribution in [2.45, 2.75) is 12.2 Å². The van der Waals surface area contributed by atoms with Crippen LogP contribution in [-0.4, -0.2) is 35.1 Å². The van der Waals surface area contributed by atoms with Gasteiger partial charge in [0, 0.05) is 22.6 Å². The lowest BCUT2D eigenvalue weighted by Gasteiger charge is -2.08. The highest BCUT2D eigenvalue weighted by Gasteiger charge is 2.28. The summed E-state index contributed by atoms with van der Waals surface area (Å²) in [4.78, 5) is 0. The van der Waals surface area contributed by atoms with Crippen molar-refractivity contribution in [2.75, 3.05) is 13.1 Å². The maximum absolute atomic E-state index is 9.17. The molecule has 1 N–H and O–H groups in total. The number of rotatable bonds is 1. The van der Waals surface area contributed by atoms with E-state index in [0.29, 0.717) is 6.54 Å². The Morgan fingerprint density at radius 1 is 1.56 bits per heavy atom. The molecule has 9 heavy (non-hydrogen) atoms. The first kappa shape index (κ1) is 7.84. The third kappa shape index (κ3) is 1.83. The molecule has 4 unspecified atom stereocenters. The van der Waals surface area contributed by atoms with Crippen LogP contribution in [0.5, 0.6) is 0 Å². The van der Waals surface area contributed by atoms with Gasteiger partial charge in [-0.3, -0.25) is 4.67 Å². The summed E-state index contributed by atoms with van der Waals surface area (Å²) in [6, 6.07) is 0. The topological polar surface area (TPSA) is 32.7 Å². The molecule has 0 aromatic carbocycles. The molecule has 1 aliphatic rings. The van der Waals surface area contributed by atoms with Gasteiger partial charge in [-0.05, 0) is 0 Å². The van der Waals surface area contributed by atoms with Gasteiger partial charge in [-0.25, -0.2) is 0 Å². The van der Waals surface area contributed by atoms with Crippen LogP contribution in [0.25, 0.3) is 0 Å². The highest BCUT2D eigenvalue weighted by molar-refractivity contribution is 7.13. The molecular weight excluding hydrogens is 156 g/mol. The molecule has 5 heteroatoms. The molecule has 0 aromatic heterocycles. The first-order chi connectivity index (χ1) is 4.24. The van der Waals surface area contributed by atoms with Crippen molar-refractivity contribution in [2.24, 2.45) is 0 Å². The lowest BCUT2D eigenvalue weighted by Crippen LogP contribution is -2.23. The van der Waals surface area contributed by atoms with Crippen molar-refractivity contribution in [1.82, 2.24) is 4.67 Å². The summed E-state index contributed by atoms with van der Waals surface area (Å²) < 4.78 is 6.86. The van der Waals surface area contributed by atoms with Crippen LogP contribution in [-0.2, 0) is 4.52 Å². The van der Waals surface area contributed by atoms with Crippen LogP contribution in [0.1, 0.15) is 0 Å². The summed E-state index contributed by atoms with van der Waals surface area (Å²) in [5.41, 5.74) is 0. The molecular formula is C4H11NO2P2. The average molecular weight is 167 g/mol. The Morgan fingerprint density at radius 3 is 2.44 bits per heavy atom. The summed E-state index contributed by atoms with van der Waals surface area (Å²) in [5, 5.41) is 9.17. The fourth-order valence-corrected chi connectivity index (χ4v) is 1.61. The highest BCUT2D eigenvalue weighted by Crippen LogP contribution is 2.17. The molecule has 1 saturated heterocycles. The first-order valence-electron chi connectivity index (χ1n) is 2.77. The minimum Gasteiger partial charge on any atom is -0.389 e. The SMILES string of the molecule is OC1CN(P)CC1OP. The van der Waals surface area contributed by atoms with E-state index < -0.39 is 0 Å². The quantitative estimate of drug-likeness (QED) is 0.541. The van der Waals surface area contributed by atoms with Gasteiger partial charge >= 0.3 is 0 Å². The fraction of sp³-hybridized carbons (Fsp3) is 1.00. The van der Waals surface area contributed by atoms with Crippen LogP contribution in [0.15, 0.2) is 0 Å². The summed E-state index contributed by atoms with van der Waals surface area (Å²) >= 11 is 0. The third-order valence-electron chi connectivity index (χ3n) is 1.44. The van der Waals surface area contributed by atoms with Crippen LogP contribution in [0, 0.1) is 0 Å². The smallest absolute Gasteiger partial charge is 0.101 e. The Hall–Kier alpha value is 0.740. The Balaban J connectivity index is 2.38. The monoisotopic (exact) mass is 167 g/mol. The molecule has 0 aromatic rings. The van der Waals surface area contributed by atoms with Crippen molar-refractivity contribution in [3.8, 4) is 0 Å². The number of β-amino-alcohol motifs (C(OH)–C–C–N with tert-alkyl or cyclic N) is 1. The second-order valence-electron chi connectivity index (χ2n) is 2.20. The summed E-state index contributed by atoms with van der Waals surface area (Å²) in [5.74, 6) is 0. The van der Waals surface area contributed by atoms with Gasteiger partial charge in [0.2, 0.25) is 0 Å². The maximum Gasteiger partial charge on any atom is 0.101 e. The van der Waals surface area contributed by atoms with Crippen molar-refractivity contribution < 1.29 is 9.63 Å². The third-order valence-corrected chi connectivity index (χ3v) is 2.21. The molecule has 1 heterocycles. The predicted molar refractivity (Wildman–Crippen MR) is 41.9 cm³/mol. The van der Waals surface area contributed by atoms with E-state index in [1.54, 1.807) is 0 Å². The molecule has 0 saturated carbocycles. The average Bonchev–Trinajstić information content (AvgIpc) is 2.10. The molecule has 0 aliphatic carbocycles. The van der Waals surface area contributed by atoms with E-state index in [-0.39, 0.29) is 12.2 Å². The number of nitrogens with zero attached hydrogens (tertiary/aromatic N) is 1. The predicted octanol–water partition coefficient (Wildman–Crippen LogP) is -0.372. The minimum absolute atomic E-state index is 0.0347. The Kier molecular flexibility index (Phi) is 2.81. The largest absolute Gasteiger partial charge is 0.389 e. The van der Waals surface area contributed by atoms with Gasteiger partial charge in [0.25, 0.3) is 0 Å². The van der Waals surface area contributed by atoms with Gasteiger partial charge in [0.15, 0.2) is 0 Å². The van der Waals surface area contributed by atoms with Gasteiger partial charge in [-0.2, -0.15) is 0 Å². The first-order valence-corrected chi connectivity index (χ1v) is 3.76. The summed E-state index contributed by atoms with van der Waals surface area (Å²) in [6.45, 7) is 1.47. The summed E-state index contributed by atoms with van der Waals surface area (Å²) in [7, 11) is 4.70. The molecule has 0 amide bonds. The fourth-order valence-electron chi connectivity index (χ4n) is 0.919. The normalized spacial score (nSPS) is 37.7. The molecule has 1 aliphatic heterocycles. The number of hydrogen-bond acceptors (Lipinski definition) is 3. The van der Waals surface area contributed by atoms with Crippen molar-refractivity contribution in [1.29, 1.82) is 0 Å². The lowest BCUT2D eigenvalue weighted by atomic mass is 10.3. The van der Waals surface area contributed by atoms with Crippen molar-refractivity contribution in [3.63, 3.8) is 0 Å². The second-order valence-corrected chi connectivity index (χ2v) is 3.20. The standard InChI is InChI=1S/C4H11NO2P2/c6-3-1-5(8)2-4(3)7-9/h3-4,6H,1-2,8-9H2. The maximum atomic E-state index is 9.17. The van der Waals surface area contributed by atoms with Crippen LogP contribution < -0.4 is 0 Å². The van der Waals surface area contributed by atoms with Crippen molar-refractivity contribution in [3.05, 3.63) is 0 Å². The molecule has 0 spiro atoms. The molecule has 0 bridgehead atoms. The second kappa shape index (κ2) is 3.23. The van der Waals surface area contributed by atoms with Gasteiger partial charge < -0.3 is 9.63 Å². The number of aliphatic hydroxyl groups is 1. The van der Waals surface area contributed by atoms with E-state index in [1.807, 2.05) is 4.67 Å². The Morgan fingerprint density at radius 2 is 2.22 bits per heavy atom. The van der Waals surface area contributed by atoms with Gasteiger partial charge in [-0.15, -0.1) is 0 Å². The van der Waals surface area contributed by atoms with E-state index in [2.05, 4.69) is 18.9 Å². The zero-order valence-electron chi connectivity index (χ0n) is 5.03. The molecule has 1 fully saturated rings. The Bertz CT molecular complexity index is 103.